The average molecular weight is 501 g/mol. The van der Waals surface area contributed by atoms with E-state index in [1.807, 2.05) is 6.92 Å². The first-order valence-electron chi connectivity index (χ1n) is 12.7. The van der Waals surface area contributed by atoms with E-state index in [2.05, 4.69) is 53.6 Å². The van der Waals surface area contributed by atoms with E-state index < -0.39 is 23.0 Å². The summed E-state index contributed by atoms with van der Waals surface area (Å²) in [7, 11) is 0. The summed E-state index contributed by atoms with van der Waals surface area (Å²) in [5.41, 5.74) is 1.27. The number of piperidine rings is 1. The lowest BCUT2D eigenvalue weighted by atomic mass is 9.68. The number of hydrogen-bond donors (Lipinski definition) is 1. The number of rotatable bonds is 4. The standard InChI is InChI=1S/C29H32F4N2O/c1-19-18-35(12-11-28(19)10-7-21-5-3-4-6-25(21)28)24-8-9-27(2,16-24)26(36)34-17-20-13-22(29(31,32)33)15-23(30)14-20/h3-7,10,13-15,19,24H,8-9,11-12,16-18H2,1-2H3,(H,34,36)/t19-,24?,27?,28-/m0/s1. The van der Waals surface area contributed by atoms with Crippen LogP contribution in [0.25, 0.3) is 6.08 Å². The van der Waals surface area contributed by atoms with Crippen LogP contribution in [-0.2, 0) is 22.9 Å². The maximum absolute atomic E-state index is 13.7. The second kappa shape index (κ2) is 9.02. The highest BCUT2D eigenvalue weighted by atomic mass is 19.4. The van der Waals surface area contributed by atoms with E-state index in [9.17, 15) is 22.4 Å². The minimum absolute atomic E-state index is 0.0760. The zero-order valence-corrected chi connectivity index (χ0v) is 20.7. The highest BCUT2D eigenvalue weighted by molar-refractivity contribution is 5.82. The fraction of sp³-hybridized carbons (Fsp3) is 0.483. The molecule has 3 aliphatic rings. The second-order valence-corrected chi connectivity index (χ2v) is 11.1. The molecule has 1 amide bonds. The van der Waals surface area contributed by atoms with Crippen LogP contribution >= 0.6 is 0 Å². The third kappa shape index (κ3) is 4.47. The summed E-state index contributed by atoms with van der Waals surface area (Å²) in [4.78, 5) is 15.6. The van der Waals surface area contributed by atoms with Crippen molar-refractivity contribution in [2.45, 2.75) is 63.7 Å². The molecule has 3 nitrogen and oxygen atoms in total. The number of nitrogens with zero attached hydrogens (tertiary/aromatic N) is 1. The van der Waals surface area contributed by atoms with E-state index in [-0.39, 0.29) is 23.4 Å². The Morgan fingerprint density at radius 1 is 1.17 bits per heavy atom. The van der Waals surface area contributed by atoms with E-state index in [1.54, 1.807) is 0 Å². The molecule has 1 aliphatic heterocycles. The number of benzene rings is 2. The highest BCUT2D eigenvalue weighted by Gasteiger charge is 2.48. The van der Waals surface area contributed by atoms with Crippen molar-refractivity contribution in [3.8, 4) is 0 Å². The van der Waals surface area contributed by atoms with E-state index in [0.717, 1.165) is 44.5 Å². The number of hydrogen-bond acceptors (Lipinski definition) is 2. The molecule has 2 aliphatic carbocycles. The second-order valence-electron chi connectivity index (χ2n) is 11.1. The van der Waals surface area contributed by atoms with Crippen LogP contribution in [0.5, 0.6) is 0 Å². The number of allylic oxidation sites excluding steroid dienone is 1. The van der Waals surface area contributed by atoms with Crippen molar-refractivity contribution in [2.75, 3.05) is 13.1 Å². The molecule has 7 heteroatoms. The van der Waals surface area contributed by atoms with Crippen molar-refractivity contribution in [1.29, 1.82) is 0 Å². The molecule has 1 heterocycles. The Morgan fingerprint density at radius 2 is 1.94 bits per heavy atom. The summed E-state index contributed by atoms with van der Waals surface area (Å²) in [5, 5.41) is 2.77. The average Bonchev–Trinajstić information content (AvgIpc) is 3.41. The van der Waals surface area contributed by atoms with Crippen LogP contribution in [0.2, 0.25) is 0 Å². The maximum Gasteiger partial charge on any atom is 0.416 e. The van der Waals surface area contributed by atoms with Gasteiger partial charge in [0.05, 0.1) is 5.56 Å². The van der Waals surface area contributed by atoms with Gasteiger partial charge in [-0.2, -0.15) is 13.2 Å². The summed E-state index contributed by atoms with van der Waals surface area (Å²) in [6.45, 7) is 6.04. The van der Waals surface area contributed by atoms with Gasteiger partial charge >= 0.3 is 6.18 Å². The summed E-state index contributed by atoms with van der Waals surface area (Å²) in [5.74, 6) is -0.697. The molecule has 192 valence electrons. The molecule has 1 spiro atoms. The zero-order valence-electron chi connectivity index (χ0n) is 20.7. The van der Waals surface area contributed by atoms with Crippen molar-refractivity contribution in [3.63, 3.8) is 0 Å². The van der Waals surface area contributed by atoms with Gasteiger partial charge in [-0.15, -0.1) is 0 Å². The number of amides is 1. The van der Waals surface area contributed by atoms with Crippen molar-refractivity contribution in [2.24, 2.45) is 11.3 Å². The predicted octanol–water partition coefficient (Wildman–Crippen LogP) is 6.33. The van der Waals surface area contributed by atoms with Gasteiger partial charge in [0.25, 0.3) is 0 Å². The lowest BCUT2D eigenvalue weighted by Gasteiger charge is -2.46. The van der Waals surface area contributed by atoms with Crippen LogP contribution in [0.1, 0.15) is 61.8 Å². The van der Waals surface area contributed by atoms with E-state index in [4.69, 9.17) is 0 Å². The Labute approximate surface area is 209 Å². The summed E-state index contributed by atoms with van der Waals surface area (Å²) < 4.78 is 52.7. The monoisotopic (exact) mass is 500 g/mol. The fourth-order valence-corrected chi connectivity index (χ4v) is 6.59. The van der Waals surface area contributed by atoms with E-state index >= 15 is 0 Å². The summed E-state index contributed by atoms with van der Waals surface area (Å²) in [6.07, 6.45) is 3.38. The normalized spacial score (nSPS) is 30.1. The van der Waals surface area contributed by atoms with E-state index in [0.29, 0.717) is 24.4 Å². The molecule has 5 rings (SSSR count). The summed E-state index contributed by atoms with van der Waals surface area (Å²) in [6, 6.07) is 11.3. The quantitative estimate of drug-likeness (QED) is 0.498. The topological polar surface area (TPSA) is 32.3 Å². The Balaban J connectivity index is 1.20. The first-order valence-corrected chi connectivity index (χ1v) is 12.7. The van der Waals surface area contributed by atoms with Gasteiger partial charge in [0.2, 0.25) is 5.91 Å². The molecule has 0 bridgehead atoms. The number of carbonyl (C=O) groups is 1. The van der Waals surface area contributed by atoms with Gasteiger partial charge in [0.15, 0.2) is 0 Å². The van der Waals surface area contributed by atoms with Crippen molar-refractivity contribution >= 4 is 12.0 Å². The van der Waals surface area contributed by atoms with Crippen molar-refractivity contribution in [3.05, 3.63) is 76.6 Å². The largest absolute Gasteiger partial charge is 0.416 e. The van der Waals surface area contributed by atoms with Crippen LogP contribution in [0, 0.1) is 17.2 Å². The Kier molecular flexibility index (Phi) is 6.26. The molecule has 1 saturated heterocycles. The van der Waals surface area contributed by atoms with Gasteiger partial charge in [0.1, 0.15) is 5.82 Å². The molecule has 0 aromatic heterocycles. The summed E-state index contributed by atoms with van der Waals surface area (Å²) >= 11 is 0. The number of fused-ring (bicyclic) bond motifs is 2. The first kappa shape index (κ1) is 25.0. The molecule has 2 fully saturated rings. The lowest BCUT2D eigenvalue weighted by Crippen LogP contribution is -2.50. The molecule has 0 radical (unpaired) electrons. The van der Waals surface area contributed by atoms with E-state index in [1.165, 1.54) is 11.1 Å². The van der Waals surface area contributed by atoms with Crippen molar-refractivity contribution in [1.82, 2.24) is 10.2 Å². The molecule has 2 aromatic rings. The van der Waals surface area contributed by atoms with Crippen LogP contribution in [0.15, 0.2) is 48.5 Å². The van der Waals surface area contributed by atoms with Crippen LogP contribution in [-0.4, -0.2) is 29.9 Å². The molecule has 4 atom stereocenters. The minimum Gasteiger partial charge on any atom is -0.352 e. The third-order valence-corrected chi connectivity index (χ3v) is 8.74. The zero-order chi connectivity index (χ0) is 25.7. The molecular weight excluding hydrogens is 468 g/mol. The molecule has 2 unspecified atom stereocenters. The smallest absolute Gasteiger partial charge is 0.352 e. The van der Waals surface area contributed by atoms with Crippen LogP contribution < -0.4 is 5.32 Å². The fourth-order valence-electron chi connectivity index (χ4n) is 6.59. The predicted molar refractivity (Wildman–Crippen MR) is 132 cm³/mol. The molecule has 2 aromatic carbocycles. The Bertz CT molecular complexity index is 1190. The number of nitrogens with one attached hydrogen (secondary N) is 1. The Hall–Kier alpha value is -2.67. The van der Waals surface area contributed by atoms with Crippen LogP contribution in [0.4, 0.5) is 17.6 Å². The first-order chi connectivity index (χ1) is 17.0. The number of alkyl halides is 3. The lowest BCUT2D eigenvalue weighted by molar-refractivity contribution is -0.137. The number of carbonyl (C=O) groups excluding carboxylic acids is 1. The van der Waals surface area contributed by atoms with Gasteiger partial charge in [-0.05, 0) is 73.0 Å². The van der Waals surface area contributed by atoms with Gasteiger partial charge in [0, 0.05) is 30.0 Å². The number of likely N-dealkylation sites (tertiary alicyclic amines) is 1. The maximum atomic E-state index is 13.7. The minimum atomic E-state index is -4.63. The van der Waals surface area contributed by atoms with Gasteiger partial charge in [-0.25, -0.2) is 4.39 Å². The molecular formula is C29H32F4N2O. The van der Waals surface area contributed by atoms with Crippen molar-refractivity contribution < 1.29 is 22.4 Å². The number of halogens is 4. The highest BCUT2D eigenvalue weighted by Crippen LogP contribution is 2.49. The van der Waals surface area contributed by atoms with Gasteiger partial charge < -0.3 is 5.32 Å². The SMILES string of the molecule is C[C@H]1CN(C2CCC(C)(C(=O)NCc3cc(F)cc(C(F)(F)F)c3)C2)CC[C@@]12C=Cc1ccccc12. The van der Waals surface area contributed by atoms with Gasteiger partial charge in [-0.3, -0.25) is 9.69 Å². The van der Waals surface area contributed by atoms with Crippen LogP contribution in [0.3, 0.4) is 0 Å². The molecule has 1 N–H and O–H groups in total. The molecule has 1 saturated carbocycles. The third-order valence-electron chi connectivity index (χ3n) is 8.74. The van der Waals surface area contributed by atoms with Gasteiger partial charge in [-0.1, -0.05) is 50.3 Å². The Morgan fingerprint density at radius 3 is 2.69 bits per heavy atom. The molecule has 36 heavy (non-hydrogen) atoms.